The Morgan fingerprint density at radius 2 is 1.78 bits per heavy atom. The first-order chi connectivity index (χ1) is 4.20. The van der Waals surface area contributed by atoms with Crippen molar-refractivity contribution in [2.45, 2.75) is 15.0 Å². The fourth-order valence-corrected chi connectivity index (χ4v) is 1.85. The van der Waals surface area contributed by atoms with Crippen LogP contribution in [0, 0.1) is 0 Å². The van der Waals surface area contributed by atoms with Crippen molar-refractivity contribution < 1.29 is 9.47 Å². The lowest BCUT2D eigenvalue weighted by molar-refractivity contribution is -0.0731. The smallest absolute Gasteiger partial charge is 0.150 e. The van der Waals surface area contributed by atoms with Gasteiger partial charge in [0.1, 0.15) is 15.0 Å². The van der Waals surface area contributed by atoms with E-state index in [1.165, 1.54) is 0 Å². The van der Waals surface area contributed by atoms with Crippen LogP contribution in [-0.4, -0.2) is 21.6 Å². The van der Waals surface area contributed by atoms with Gasteiger partial charge in [-0.15, -0.1) is 0 Å². The molecule has 3 atom stereocenters. The molecule has 1 aliphatic heterocycles. The Hall–Kier alpha value is 1.36. The molecule has 0 bridgehead atoms. The van der Waals surface area contributed by atoms with Gasteiger partial charge in [0.2, 0.25) is 0 Å². The van der Waals surface area contributed by atoms with Gasteiger partial charge in [-0.1, -0.05) is 47.8 Å². The molecule has 0 N–H and O–H groups in total. The van der Waals surface area contributed by atoms with Crippen molar-refractivity contribution in [2.24, 2.45) is 0 Å². The molecule has 0 aliphatic carbocycles. The zero-order chi connectivity index (χ0) is 6.85. The van der Waals surface area contributed by atoms with Gasteiger partial charge in [0.05, 0.1) is 6.61 Å². The lowest BCUT2D eigenvalue weighted by Crippen LogP contribution is -2.33. The first-order valence-electron chi connectivity index (χ1n) is 2.39. The van der Waals surface area contributed by atoms with E-state index in [2.05, 4.69) is 47.8 Å². The van der Waals surface area contributed by atoms with E-state index >= 15 is 0 Å². The molecule has 1 saturated heterocycles. The maximum atomic E-state index is 5.26. The molecule has 0 radical (unpaired) electrons. The highest BCUT2D eigenvalue weighted by molar-refractivity contribution is 9.12. The highest BCUT2D eigenvalue weighted by Crippen LogP contribution is 2.25. The summed E-state index contributed by atoms with van der Waals surface area (Å²) in [6.45, 7) is 0.581. The first-order valence-corrected chi connectivity index (χ1v) is 5.14. The molecule has 2 nitrogen and oxygen atoms in total. The second-order valence-corrected chi connectivity index (χ2v) is 4.41. The molecule has 54 valence electrons. The van der Waals surface area contributed by atoms with E-state index < -0.39 is 0 Å². The van der Waals surface area contributed by atoms with Crippen molar-refractivity contribution in [3.8, 4) is 0 Å². The Labute approximate surface area is 78.7 Å². The zero-order valence-corrected chi connectivity index (χ0v) is 9.15. The summed E-state index contributed by atoms with van der Waals surface area (Å²) in [7, 11) is 0. The minimum Gasteiger partial charge on any atom is -0.360 e. The van der Waals surface area contributed by atoms with Gasteiger partial charge >= 0.3 is 0 Å². The third kappa shape index (κ3) is 2.46. The van der Waals surface area contributed by atoms with Crippen molar-refractivity contribution in [3.63, 3.8) is 0 Å². The van der Waals surface area contributed by atoms with Crippen LogP contribution < -0.4 is 0 Å². The van der Waals surface area contributed by atoms with E-state index in [4.69, 9.17) is 9.47 Å². The minimum absolute atomic E-state index is 0.00988. The summed E-state index contributed by atoms with van der Waals surface area (Å²) >= 11 is 9.79. The van der Waals surface area contributed by atoms with Crippen LogP contribution in [0.1, 0.15) is 0 Å². The molecule has 5 heteroatoms. The minimum atomic E-state index is -0.0596. The van der Waals surface area contributed by atoms with Crippen molar-refractivity contribution in [2.75, 3.05) is 6.61 Å². The van der Waals surface area contributed by atoms with E-state index in [1.807, 2.05) is 0 Å². The maximum Gasteiger partial charge on any atom is 0.150 e. The van der Waals surface area contributed by atoms with Gasteiger partial charge in [-0.3, -0.25) is 0 Å². The van der Waals surface area contributed by atoms with Crippen LogP contribution in [-0.2, 0) is 9.47 Å². The van der Waals surface area contributed by atoms with Gasteiger partial charge < -0.3 is 9.47 Å². The second-order valence-electron chi connectivity index (χ2n) is 1.58. The highest BCUT2D eigenvalue weighted by atomic mass is 79.9. The molecule has 0 saturated carbocycles. The van der Waals surface area contributed by atoms with E-state index in [0.717, 1.165) is 0 Å². The van der Waals surface area contributed by atoms with Crippen LogP contribution in [0.4, 0.5) is 0 Å². The summed E-state index contributed by atoms with van der Waals surface area (Å²) in [6, 6.07) is 0. The van der Waals surface area contributed by atoms with Crippen molar-refractivity contribution >= 4 is 47.8 Å². The number of ether oxygens (including phenoxy) is 2. The van der Waals surface area contributed by atoms with Gasteiger partial charge in [0.15, 0.2) is 0 Å². The molecule has 0 aromatic heterocycles. The third-order valence-corrected chi connectivity index (χ3v) is 3.50. The summed E-state index contributed by atoms with van der Waals surface area (Å²) in [6.07, 6.45) is 0. The normalized spacial score (nSPS) is 45.0. The highest BCUT2D eigenvalue weighted by Gasteiger charge is 2.26. The lowest BCUT2D eigenvalue weighted by atomic mass is 10.6. The SMILES string of the molecule is BrC1COC(Br)C(Br)O1. The molecule has 1 aliphatic rings. The number of rotatable bonds is 0. The summed E-state index contributed by atoms with van der Waals surface area (Å²) in [4.78, 5) is 0. The topological polar surface area (TPSA) is 18.5 Å². The third-order valence-electron chi connectivity index (χ3n) is 0.870. The van der Waals surface area contributed by atoms with Crippen LogP contribution in [0.5, 0.6) is 0 Å². The van der Waals surface area contributed by atoms with Crippen molar-refractivity contribution in [1.29, 1.82) is 0 Å². The standard InChI is InChI=1S/C4H5Br3O2/c5-2-1-8-3(6)4(7)9-2/h2-4H,1H2. The van der Waals surface area contributed by atoms with Crippen LogP contribution in [0.15, 0.2) is 0 Å². The lowest BCUT2D eigenvalue weighted by Gasteiger charge is -2.27. The largest absolute Gasteiger partial charge is 0.360 e. The van der Waals surface area contributed by atoms with Gasteiger partial charge in [-0.25, -0.2) is 0 Å². The average molecular weight is 325 g/mol. The van der Waals surface area contributed by atoms with Crippen LogP contribution >= 0.6 is 47.8 Å². The first kappa shape index (κ1) is 8.46. The summed E-state index contributed by atoms with van der Waals surface area (Å²) in [5.74, 6) is 0. The Morgan fingerprint density at radius 3 is 2.22 bits per heavy atom. The Bertz CT molecular complexity index is 99.8. The predicted molar refractivity (Wildman–Crippen MR) is 45.2 cm³/mol. The summed E-state index contributed by atoms with van der Waals surface area (Å²) in [5.41, 5.74) is 0. The summed E-state index contributed by atoms with van der Waals surface area (Å²) in [5, 5.41) is -0.0856. The van der Waals surface area contributed by atoms with E-state index in [0.29, 0.717) is 6.61 Å². The molecular formula is C4H5Br3O2. The Balaban J connectivity index is 2.35. The molecule has 0 spiro atoms. The molecular weight excluding hydrogens is 320 g/mol. The van der Waals surface area contributed by atoms with E-state index in [9.17, 15) is 0 Å². The molecule has 1 fully saturated rings. The molecule has 0 aromatic rings. The molecule has 0 amide bonds. The van der Waals surface area contributed by atoms with Crippen LogP contribution in [0.2, 0.25) is 0 Å². The van der Waals surface area contributed by atoms with Crippen molar-refractivity contribution in [3.05, 3.63) is 0 Å². The maximum absolute atomic E-state index is 5.26. The monoisotopic (exact) mass is 322 g/mol. The molecule has 0 aromatic carbocycles. The molecule has 1 heterocycles. The van der Waals surface area contributed by atoms with Crippen LogP contribution in [0.3, 0.4) is 0 Å². The Kier molecular flexibility index (Phi) is 3.44. The van der Waals surface area contributed by atoms with Crippen molar-refractivity contribution in [1.82, 2.24) is 0 Å². The number of hydrogen-bond acceptors (Lipinski definition) is 2. The average Bonchev–Trinajstić information content (AvgIpc) is 1.80. The molecule has 3 unspecified atom stereocenters. The van der Waals surface area contributed by atoms with E-state index in [-0.39, 0.29) is 15.0 Å². The quantitative estimate of drug-likeness (QED) is 0.636. The second kappa shape index (κ2) is 3.67. The zero-order valence-electron chi connectivity index (χ0n) is 4.39. The van der Waals surface area contributed by atoms with E-state index in [1.54, 1.807) is 0 Å². The predicted octanol–water partition coefficient (Wildman–Crippen LogP) is 2.20. The van der Waals surface area contributed by atoms with Gasteiger partial charge in [-0.05, 0) is 0 Å². The van der Waals surface area contributed by atoms with Gasteiger partial charge in [-0.2, -0.15) is 0 Å². The van der Waals surface area contributed by atoms with Gasteiger partial charge in [0.25, 0.3) is 0 Å². The van der Waals surface area contributed by atoms with Gasteiger partial charge in [0, 0.05) is 0 Å². The molecule has 1 rings (SSSR count). The number of hydrogen-bond donors (Lipinski definition) is 0. The van der Waals surface area contributed by atoms with Crippen LogP contribution in [0.25, 0.3) is 0 Å². The fraction of sp³-hybridized carbons (Fsp3) is 1.00. The molecule has 9 heavy (non-hydrogen) atoms. The number of alkyl halides is 3. The fourth-order valence-electron chi connectivity index (χ4n) is 0.485. The number of halogens is 3. The Morgan fingerprint density at radius 1 is 1.11 bits per heavy atom. The summed E-state index contributed by atoms with van der Waals surface area (Å²) < 4.78 is 10.5.